The van der Waals surface area contributed by atoms with Gasteiger partial charge in [-0.25, -0.2) is 0 Å². The van der Waals surface area contributed by atoms with E-state index in [0.717, 1.165) is 11.3 Å². The quantitative estimate of drug-likeness (QED) is 0.639. The highest BCUT2D eigenvalue weighted by Crippen LogP contribution is 2.25. The Labute approximate surface area is 78.4 Å². The molecule has 0 aliphatic rings. The van der Waals surface area contributed by atoms with Gasteiger partial charge in [-0.1, -0.05) is 25.5 Å². The van der Waals surface area contributed by atoms with E-state index in [9.17, 15) is 0 Å². The van der Waals surface area contributed by atoms with Crippen molar-refractivity contribution in [1.29, 1.82) is 0 Å². The van der Waals surface area contributed by atoms with Crippen LogP contribution in [0.3, 0.4) is 0 Å². The molecule has 0 bridgehead atoms. The van der Waals surface area contributed by atoms with E-state index in [4.69, 9.17) is 4.42 Å². The predicted octanol–water partition coefficient (Wildman–Crippen LogP) is 3.86. The van der Waals surface area contributed by atoms with Crippen LogP contribution in [0.2, 0.25) is 0 Å². The maximum Gasteiger partial charge on any atom is 0.134 e. The molecule has 13 heavy (non-hydrogen) atoms. The lowest BCUT2D eigenvalue weighted by atomic mass is 10.1. The normalized spacial score (nSPS) is 11.4. The molecule has 2 aromatic rings. The van der Waals surface area contributed by atoms with Gasteiger partial charge in [-0.15, -0.1) is 0 Å². The third-order valence-electron chi connectivity index (χ3n) is 2.26. The maximum absolute atomic E-state index is 5.68. The summed E-state index contributed by atoms with van der Waals surface area (Å²) in [7, 11) is 0. The number of benzene rings is 1. The van der Waals surface area contributed by atoms with Crippen molar-refractivity contribution in [1.82, 2.24) is 0 Å². The van der Waals surface area contributed by atoms with Crippen LogP contribution in [0.1, 0.15) is 31.1 Å². The lowest BCUT2D eigenvalue weighted by Crippen LogP contribution is -1.79. The minimum atomic E-state index is 0.465. The van der Waals surface area contributed by atoms with E-state index >= 15 is 0 Å². The summed E-state index contributed by atoms with van der Waals surface area (Å²) in [6.07, 6.45) is 0. The van der Waals surface area contributed by atoms with E-state index in [1.807, 2.05) is 6.07 Å². The van der Waals surface area contributed by atoms with Crippen LogP contribution in [-0.4, -0.2) is 0 Å². The molecule has 0 amide bonds. The number of furan rings is 1. The van der Waals surface area contributed by atoms with Crippen LogP contribution in [0.4, 0.5) is 0 Å². The second-order valence-corrected chi connectivity index (χ2v) is 3.84. The molecule has 1 heterocycles. The summed E-state index contributed by atoms with van der Waals surface area (Å²) < 4.78 is 5.68. The molecule has 1 aromatic carbocycles. The summed E-state index contributed by atoms with van der Waals surface area (Å²) in [6, 6.07) is 8.41. The van der Waals surface area contributed by atoms with Gasteiger partial charge in [0.15, 0.2) is 0 Å². The summed E-state index contributed by atoms with van der Waals surface area (Å²) >= 11 is 0. The van der Waals surface area contributed by atoms with Crippen molar-refractivity contribution in [2.75, 3.05) is 0 Å². The topological polar surface area (TPSA) is 13.1 Å². The van der Waals surface area contributed by atoms with Crippen LogP contribution in [0.25, 0.3) is 11.0 Å². The fourth-order valence-electron chi connectivity index (χ4n) is 1.47. The standard InChI is InChI=1S/C12H14O/c1-8(2)12-7-10-6-9(3)4-5-11(10)13-12/h4-8H,1-3H3. The zero-order valence-corrected chi connectivity index (χ0v) is 8.29. The van der Waals surface area contributed by atoms with Crippen molar-refractivity contribution in [3.8, 4) is 0 Å². The molecule has 0 saturated carbocycles. The van der Waals surface area contributed by atoms with Gasteiger partial charge in [0.25, 0.3) is 0 Å². The largest absolute Gasteiger partial charge is 0.461 e. The van der Waals surface area contributed by atoms with Gasteiger partial charge < -0.3 is 4.42 Å². The van der Waals surface area contributed by atoms with Crippen molar-refractivity contribution in [2.24, 2.45) is 0 Å². The Morgan fingerprint density at radius 3 is 2.62 bits per heavy atom. The lowest BCUT2D eigenvalue weighted by molar-refractivity contribution is 0.522. The summed E-state index contributed by atoms with van der Waals surface area (Å²) in [6.45, 7) is 6.39. The van der Waals surface area contributed by atoms with Gasteiger partial charge >= 0.3 is 0 Å². The van der Waals surface area contributed by atoms with Crippen LogP contribution in [0.5, 0.6) is 0 Å². The van der Waals surface area contributed by atoms with Gasteiger partial charge in [0, 0.05) is 11.3 Å². The first kappa shape index (κ1) is 8.36. The molecule has 0 radical (unpaired) electrons. The fourth-order valence-corrected chi connectivity index (χ4v) is 1.47. The van der Waals surface area contributed by atoms with E-state index in [1.165, 1.54) is 10.9 Å². The van der Waals surface area contributed by atoms with E-state index in [-0.39, 0.29) is 0 Å². The number of hydrogen-bond acceptors (Lipinski definition) is 1. The summed E-state index contributed by atoms with van der Waals surface area (Å²) in [4.78, 5) is 0. The Hall–Kier alpha value is -1.24. The van der Waals surface area contributed by atoms with Gasteiger partial charge in [0.05, 0.1) is 0 Å². The molecule has 2 rings (SSSR count). The van der Waals surface area contributed by atoms with Crippen molar-refractivity contribution in [2.45, 2.75) is 26.7 Å². The Morgan fingerprint density at radius 1 is 1.15 bits per heavy atom. The second kappa shape index (κ2) is 2.91. The average Bonchev–Trinajstić information content (AvgIpc) is 2.46. The molecule has 0 saturated heterocycles. The Morgan fingerprint density at radius 2 is 1.92 bits per heavy atom. The van der Waals surface area contributed by atoms with Gasteiger partial charge in [0.1, 0.15) is 11.3 Å². The fraction of sp³-hybridized carbons (Fsp3) is 0.333. The Balaban J connectivity index is 2.62. The zero-order valence-electron chi connectivity index (χ0n) is 8.29. The molecule has 0 spiro atoms. The number of hydrogen-bond donors (Lipinski definition) is 0. The minimum Gasteiger partial charge on any atom is -0.461 e. The van der Waals surface area contributed by atoms with Crippen molar-refractivity contribution in [3.05, 3.63) is 35.6 Å². The first-order valence-corrected chi connectivity index (χ1v) is 4.67. The molecule has 0 atom stereocenters. The molecule has 1 heteroatoms. The predicted molar refractivity (Wildman–Crippen MR) is 55.0 cm³/mol. The van der Waals surface area contributed by atoms with Crippen LogP contribution in [0.15, 0.2) is 28.7 Å². The molecule has 0 N–H and O–H groups in total. The highest BCUT2D eigenvalue weighted by Gasteiger charge is 2.06. The smallest absolute Gasteiger partial charge is 0.134 e. The highest BCUT2D eigenvalue weighted by molar-refractivity contribution is 5.78. The van der Waals surface area contributed by atoms with E-state index < -0.39 is 0 Å². The first-order valence-electron chi connectivity index (χ1n) is 4.67. The SMILES string of the molecule is Cc1ccc2oc(C(C)C)cc2c1. The van der Waals surface area contributed by atoms with Crippen molar-refractivity contribution < 1.29 is 4.42 Å². The summed E-state index contributed by atoms with van der Waals surface area (Å²) in [5.74, 6) is 1.54. The van der Waals surface area contributed by atoms with Gasteiger partial charge in [0.2, 0.25) is 0 Å². The molecule has 0 aliphatic heterocycles. The van der Waals surface area contributed by atoms with E-state index in [2.05, 4.69) is 39.0 Å². The first-order chi connectivity index (χ1) is 6.16. The molecule has 0 fully saturated rings. The van der Waals surface area contributed by atoms with Crippen molar-refractivity contribution in [3.63, 3.8) is 0 Å². The highest BCUT2D eigenvalue weighted by atomic mass is 16.3. The monoisotopic (exact) mass is 174 g/mol. The molecule has 1 aromatic heterocycles. The van der Waals surface area contributed by atoms with Crippen LogP contribution in [0, 0.1) is 6.92 Å². The van der Waals surface area contributed by atoms with Gasteiger partial charge in [-0.05, 0) is 25.1 Å². The van der Waals surface area contributed by atoms with E-state index in [1.54, 1.807) is 0 Å². The lowest BCUT2D eigenvalue weighted by Gasteiger charge is -1.95. The van der Waals surface area contributed by atoms with Crippen LogP contribution >= 0.6 is 0 Å². The van der Waals surface area contributed by atoms with Crippen molar-refractivity contribution >= 4 is 11.0 Å². The summed E-state index contributed by atoms with van der Waals surface area (Å²) in [5, 5.41) is 1.21. The molecule has 68 valence electrons. The average molecular weight is 174 g/mol. The second-order valence-electron chi connectivity index (χ2n) is 3.84. The zero-order chi connectivity index (χ0) is 9.42. The van der Waals surface area contributed by atoms with Crippen LogP contribution in [-0.2, 0) is 0 Å². The maximum atomic E-state index is 5.68. The van der Waals surface area contributed by atoms with Gasteiger partial charge in [-0.3, -0.25) is 0 Å². The molecule has 0 unspecified atom stereocenters. The third-order valence-corrected chi connectivity index (χ3v) is 2.26. The summed E-state index contributed by atoms with van der Waals surface area (Å²) in [5.41, 5.74) is 2.28. The molecular weight excluding hydrogens is 160 g/mol. The third kappa shape index (κ3) is 1.46. The number of fused-ring (bicyclic) bond motifs is 1. The number of aryl methyl sites for hydroxylation is 1. The van der Waals surface area contributed by atoms with Crippen LogP contribution < -0.4 is 0 Å². The molecule has 0 aliphatic carbocycles. The van der Waals surface area contributed by atoms with Gasteiger partial charge in [-0.2, -0.15) is 0 Å². The Kier molecular flexibility index (Phi) is 1.87. The van der Waals surface area contributed by atoms with E-state index in [0.29, 0.717) is 5.92 Å². The molecular formula is C12H14O. The molecule has 1 nitrogen and oxygen atoms in total. The Bertz CT molecular complexity index is 424. The number of rotatable bonds is 1. The minimum absolute atomic E-state index is 0.465.